The van der Waals surface area contributed by atoms with Gasteiger partial charge in [0, 0.05) is 13.6 Å². The summed E-state index contributed by atoms with van der Waals surface area (Å²) >= 11 is 0. The first-order valence-electron chi connectivity index (χ1n) is 10.7. The molecule has 2 aliphatic heterocycles. The van der Waals surface area contributed by atoms with Crippen LogP contribution in [0.4, 0.5) is 5.69 Å². The maximum Gasteiger partial charge on any atom is 0.241 e. The number of hydrogen-bond donors (Lipinski definition) is 1. The summed E-state index contributed by atoms with van der Waals surface area (Å²) in [6.45, 7) is 11.8. The molecular formula is C21H37N5O. The lowest BCUT2D eigenvalue weighted by Gasteiger charge is -2.37. The van der Waals surface area contributed by atoms with E-state index in [4.69, 9.17) is 0 Å². The van der Waals surface area contributed by atoms with Gasteiger partial charge in [-0.25, -0.2) is 0 Å². The topological polar surface area (TPSA) is 53.4 Å². The molecule has 0 unspecified atom stereocenters. The third kappa shape index (κ3) is 5.11. The van der Waals surface area contributed by atoms with Gasteiger partial charge in [-0.2, -0.15) is 5.10 Å². The number of carbonyl (C=O) groups excluding carboxylic acids is 1. The van der Waals surface area contributed by atoms with Crippen molar-refractivity contribution in [2.24, 2.45) is 13.0 Å². The van der Waals surface area contributed by atoms with Gasteiger partial charge in [-0.3, -0.25) is 14.4 Å². The fourth-order valence-corrected chi connectivity index (χ4v) is 4.55. The lowest BCUT2D eigenvalue weighted by atomic mass is 9.95. The summed E-state index contributed by atoms with van der Waals surface area (Å²) in [5.41, 5.74) is 2.75. The van der Waals surface area contributed by atoms with Gasteiger partial charge in [0.25, 0.3) is 0 Å². The third-order valence-corrected chi connectivity index (χ3v) is 6.55. The molecule has 1 N–H and O–H groups in total. The highest BCUT2D eigenvalue weighted by molar-refractivity contribution is 5.95. The average molecular weight is 376 g/mol. The minimum Gasteiger partial charge on any atom is -0.322 e. The van der Waals surface area contributed by atoms with Crippen LogP contribution in [0.3, 0.4) is 0 Å². The van der Waals surface area contributed by atoms with E-state index in [1.807, 2.05) is 32.5 Å². The Morgan fingerprint density at radius 3 is 2.30 bits per heavy atom. The zero-order valence-corrected chi connectivity index (χ0v) is 17.6. The third-order valence-electron chi connectivity index (χ3n) is 6.55. The number of rotatable bonds is 5. The van der Waals surface area contributed by atoms with E-state index in [1.54, 1.807) is 0 Å². The Morgan fingerprint density at radius 1 is 1.11 bits per heavy atom. The second-order valence-electron chi connectivity index (χ2n) is 8.53. The largest absolute Gasteiger partial charge is 0.322 e. The van der Waals surface area contributed by atoms with E-state index >= 15 is 0 Å². The van der Waals surface area contributed by atoms with Crippen LogP contribution in [-0.2, 0) is 11.8 Å². The molecule has 6 heteroatoms. The standard InChI is InChI=1S/C21H37N5O/c1-16-20(17(2)24(4)23-16)22-21(27)18(3)26-13-9-19(10-14-26)15-25-11-7-5-6-8-12-25/h18-19H,5-15H2,1-4H3,(H,22,27)/t18-/m0/s1. The molecule has 27 heavy (non-hydrogen) atoms. The van der Waals surface area contributed by atoms with Crippen molar-refractivity contribution in [2.45, 2.75) is 65.3 Å². The number of nitrogens with zero attached hydrogens (tertiary/aromatic N) is 4. The number of nitrogens with one attached hydrogen (secondary N) is 1. The molecule has 152 valence electrons. The number of likely N-dealkylation sites (tertiary alicyclic amines) is 2. The Balaban J connectivity index is 1.47. The molecule has 3 heterocycles. The van der Waals surface area contributed by atoms with E-state index in [1.165, 1.54) is 58.2 Å². The van der Waals surface area contributed by atoms with Crippen LogP contribution < -0.4 is 5.32 Å². The number of anilines is 1. The van der Waals surface area contributed by atoms with Crippen molar-refractivity contribution in [3.63, 3.8) is 0 Å². The smallest absolute Gasteiger partial charge is 0.241 e. The molecule has 0 radical (unpaired) electrons. The van der Waals surface area contributed by atoms with E-state index in [0.717, 1.165) is 36.1 Å². The Morgan fingerprint density at radius 2 is 1.74 bits per heavy atom. The monoisotopic (exact) mass is 375 g/mol. The summed E-state index contributed by atoms with van der Waals surface area (Å²) in [4.78, 5) is 17.8. The van der Waals surface area contributed by atoms with Crippen LogP contribution in [0.25, 0.3) is 0 Å². The van der Waals surface area contributed by atoms with E-state index in [9.17, 15) is 4.79 Å². The van der Waals surface area contributed by atoms with Crippen molar-refractivity contribution in [3.05, 3.63) is 11.4 Å². The molecule has 0 aliphatic carbocycles. The van der Waals surface area contributed by atoms with Gasteiger partial charge in [0.05, 0.1) is 23.1 Å². The van der Waals surface area contributed by atoms with E-state index in [2.05, 4.69) is 20.2 Å². The average Bonchev–Trinajstić information content (AvgIpc) is 2.86. The molecule has 1 aromatic rings. The summed E-state index contributed by atoms with van der Waals surface area (Å²) in [7, 11) is 1.91. The zero-order chi connectivity index (χ0) is 19.4. The van der Waals surface area contributed by atoms with Gasteiger partial charge in [-0.05, 0) is 78.6 Å². The number of piperidine rings is 1. The highest BCUT2D eigenvalue weighted by Gasteiger charge is 2.28. The SMILES string of the molecule is Cc1nn(C)c(C)c1NC(=O)[C@H](C)N1CCC(CN2CCCCCC2)CC1. The summed E-state index contributed by atoms with van der Waals surface area (Å²) in [6, 6.07) is -0.0943. The van der Waals surface area contributed by atoms with Crippen molar-refractivity contribution in [3.8, 4) is 0 Å². The van der Waals surface area contributed by atoms with Crippen molar-refractivity contribution in [1.82, 2.24) is 19.6 Å². The summed E-state index contributed by atoms with van der Waals surface area (Å²) in [5, 5.41) is 7.50. The van der Waals surface area contributed by atoms with Crippen LogP contribution >= 0.6 is 0 Å². The molecule has 1 atom stereocenters. The molecule has 1 amide bonds. The molecule has 2 aliphatic rings. The van der Waals surface area contributed by atoms with E-state index in [-0.39, 0.29) is 11.9 Å². The lowest BCUT2D eigenvalue weighted by Crippen LogP contribution is -2.47. The molecule has 3 rings (SSSR count). The van der Waals surface area contributed by atoms with Gasteiger partial charge in [-0.1, -0.05) is 12.8 Å². The fourth-order valence-electron chi connectivity index (χ4n) is 4.55. The van der Waals surface area contributed by atoms with Gasteiger partial charge in [0.15, 0.2) is 0 Å². The maximum absolute atomic E-state index is 12.8. The second kappa shape index (κ2) is 9.20. The van der Waals surface area contributed by atoms with Crippen LogP contribution in [0, 0.1) is 19.8 Å². The number of carbonyl (C=O) groups is 1. The highest BCUT2D eigenvalue weighted by Crippen LogP contribution is 2.23. The Labute approximate surface area is 164 Å². The number of aryl methyl sites for hydroxylation is 2. The lowest BCUT2D eigenvalue weighted by molar-refractivity contribution is -0.121. The predicted molar refractivity (Wildman–Crippen MR) is 110 cm³/mol. The quantitative estimate of drug-likeness (QED) is 0.860. The normalized spacial score (nSPS) is 21.8. The van der Waals surface area contributed by atoms with Gasteiger partial charge in [0.1, 0.15) is 0 Å². The Hall–Kier alpha value is -1.40. The van der Waals surface area contributed by atoms with Crippen LogP contribution in [0.15, 0.2) is 0 Å². The van der Waals surface area contributed by atoms with Crippen LogP contribution in [-0.4, -0.2) is 64.3 Å². The van der Waals surface area contributed by atoms with Crippen molar-refractivity contribution < 1.29 is 4.79 Å². The molecule has 0 spiro atoms. The molecule has 2 saturated heterocycles. The molecule has 0 aromatic carbocycles. The summed E-state index contributed by atoms with van der Waals surface area (Å²) in [6.07, 6.45) is 7.94. The molecule has 2 fully saturated rings. The summed E-state index contributed by atoms with van der Waals surface area (Å²) in [5.74, 6) is 0.873. The first kappa shape index (κ1) is 20.3. The Kier molecular flexibility index (Phi) is 6.93. The first-order valence-corrected chi connectivity index (χ1v) is 10.7. The van der Waals surface area contributed by atoms with Crippen molar-refractivity contribution in [2.75, 3.05) is 38.0 Å². The van der Waals surface area contributed by atoms with E-state index in [0.29, 0.717) is 0 Å². The Bertz CT molecular complexity index is 625. The van der Waals surface area contributed by atoms with Gasteiger partial charge >= 0.3 is 0 Å². The van der Waals surface area contributed by atoms with E-state index < -0.39 is 0 Å². The minimum absolute atomic E-state index is 0.0835. The summed E-state index contributed by atoms with van der Waals surface area (Å²) < 4.78 is 1.82. The van der Waals surface area contributed by atoms with Gasteiger partial charge in [0.2, 0.25) is 5.91 Å². The molecular weight excluding hydrogens is 338 g/mol. The molecule has 1 aromatic heterocycles. The first-order chi connectivity index (χ1) is 13.0. The second-order valence-corrected chi connectivity index (χ2v) is 8.53. The highest BCUT2D eigenvalue weighted by atomic mass is 16.2. The maximum atomic E-state index is 12.8. The zero-order valence-electron chi connectivity index (χ0n) is 17.6. The fraction of sp³-hybridized carbons (Fsp3) is 0.810. The minimum atomic E-state index is -0.0943. The van der Waals surface area contributed by atoms with Crippen LogP contribution in [0.5, 0.6) is 0 Å². The van der Waals surface area contributed by atoms with Crippen molar-refractivity contribution in [1.29, 1.82) is 0 Å². The molecule has 0 bridgehead atoms. The molecule has 6 nitrogen and oxygen atoms in total. The van der Waals surface area contributed by atoms with Gasteiger partial charge < -0.3 is 10.2 Å². The molecule has 0 saturated carbocycles. The number of amides is 1. The van der Waals surface area contributed by atoms with Crippen molar-refractivity contribution >= 4 is 11.6 Å². The van der Waals surface area contributed by atoms with Crippen LogP contribution in [0.1, 0.15) is 56.8 Å². The predicted octanol–water partition coefficient (Wildman–Crippen LogP) is 2.95. The number of hydrogen-bond acceptors (Lipinski definition) is 4. The van der Waals surface area contributed by atoms with Crippen LogP contribution in [0.2, 0.25) is 0 Å². The number of aromatic nitrogens is 2. The van der Waals surface area contributed by atoms with Gasteiger partial charge in [-0.15, -0.1) is 0 Å².